The van der Waals surface area contributed by atoms with Crippen molar-refractivity contribution in [2.75, 3.05) is 13.1 Å². The molecule has 32 heavy (non-hydrogen) atoms. The molecule has 9 N–H and O–H groups in total. The summed E-state index contributed by atoms with van der Waals surface area (Å²) >= 11 is 0. The molecule has 12 heteroatoms. The number of primary amides is 1. The van der Waals surface area contributed by atoms with Gasteiger partial charge in [-0.05, 0) is 24.5 Å². The number of aromatic nitrogens is 1. The Morgan fingerprint density at radius 3 is 2.44 bits per heavy atom. The number of H-pyrrole nitrogens is 1. The zero-order valence-electron chi connectivity index (χ0n) is 17.2. The first-order chi connectivity index (χ1) is 15.2. The van der Waals surface area contributed by atoms with Crippen LogP contribution in [0.1, 0.15) is 18.4 Å². The highest BCUT2D eigenvalue weighted by molar-refractivity contribution is 5.93. The summed E-state index contributed by atoms with van der Waals surface area (Å²) in [5.41, 5.74) is 12.9. The quantitative estimate of drug-likeness (QED) is 0.197. The molecule has 0 aliphatic carbocycles. The van der Waals surface area contributed by atoms with E-state index in [9.17, 15) is 24.0 Å². The molecule has 2 unspecified atom stereocenters. The average Bonchev–Trinajstić information content (AvgIpc) is 3.15. The summed E-state index contributed by atoms with van der Waals surface area (Å²) in [6, 6.07) is 5.39. The van der Waals surface area contributed by atoms with Crippen LogP contribution in [0, 0.1) is 0 Å². The number of nitrogens with one attached hydrogen (secondary N) is 4. The van der Waals surface area contributed by atoms with Crippen LogP contribution in [0.4, 0.5) is 0 Å². The molecule has 0 aliphatic rings. The Hall–Kier alpha value is -3.93. The number of carboxylic acids is 1. The Morgan fingerprint density at radius 2 is 1.75 bits per heavy atom. The van der Waals surface area contributed by atoms with Crippen LogP contribution >= 0.6 is 0 Å². The third kappa shape index (κ3) is 7.40. The lowest BCUT2D eigenvalue weighted by molar-refractivity contribution is -0.138. The molecule has 1 aromatic carbocycles. The van der Waals surface area contributed by atoms with Crippen molar-refractivity contribution in [1.82, 2.24) is 20.9 Å². The summed E-state index contributed by atoms with van der Waals surface area (Å²) in [4.78, 5) is 61.3. The molecule has 12 nitrogen and oxygen atoms in total. The van der Waals surface area contributed by atoms with Crippen molar-refractivity contribution in [2.45, 2.75) is 31.3 Å². The van der Waals surface area contributed by atoms with Gasteiger partial charge in [-0.2, -0.15) is 0 Å². The van der Waals surface area contributed by atoms with Crippen LogP contribution in [0.2, 0.25) is 0 Å². The van der Waals surface area contributed by atoms with Crippen LogP contribution < -0.4 is 27.4 Å². The molecule has 0 aliphatic heterocycles. The number of nitrogens with two attached hydrogens (primary N) is 2. The standard InChI is InChI=1S/C20H26N6O6/c21-13(7-11-8-23-14-4-2-1-3-12(11)14)19(31)26-15(5-6-16(22)27)20(32)25-9-17(28)24-10-18(29)30/h1-4,8,13,15,23H,5-7,9-10,21H2,(H2,22,27)(H,24,28)(H,25,32)(H,26,31)(H,29,30). The Balaban J connectivity index is 1.97. The molecule has 0 saturated heterocycles. The van der Waals surface area contributed by atoms with Gasteiger partial charge in [0.05, 0.1) is 12.6 Å². The Kier molecular flexibility index (Phi) is 8.72. The summed E-state index contributed by atoms with van der Waals surface area (Å²) in [5.74, 6) is -3.98. The molecule has 4 amide bonds. The number of hydrogen-bond acceptors (Lipinski definition) is 6. The molecule has 1 heterocycles. The van der Waals surface area contributed by atoms with Crippen LogP contribution in [0.15, 0.2) is 30.5 Å². The van der Waals surface area contributed by atoms with Crippen molar-refractivity contribution in [1.29, 1.82) is 0 Å². The minimum absolute atomic E-state index is 0.0938. The smallest absolute Gasteiger partial charge is 0.322 e. The van der Waals surface area contributed by atoms with E-state index in [-0.39, 0.29) is 19.3 Å². The van der Waals surface area contributed by atoms with Crippen molar-refractivity contribution >= 4 is 40.5 Å². The van der Waals surface area contributed by atoms with Crippen molar-refractivity contribution in [3.05, 3.63) is 36.0 Å². The second-order valence-electron chi connectivity index (χ2n) is 7.12. The number of para-hydroxylation sites is 1. The molecule has 2 aromatic rings. The molecule has 1 aromatic heterocycles. The summed E-state index contributed by atoms with van der Waals surface area (Å²) in [5, 5.41) is 16.3. The zero-order valence-corrected chi connectivity index (χ0v) is 17.2. The first-order valence-electron chi connectivity index (χ1n) is 9.82. The largest absolute Gasteiger partial charge is 0.480 e. The molecular formula is C20H26N6O6. The van der Waals surface area contributed by atoms with E-state index in [1.165, 1.54) is 0 Å². The third-order valence-corrected chi connectivity index (χ3v) is 4.62. The first-order valence-corrected chi connectivity index (χ1v) is 9.82. The molecule has 0 spiro atoms. The molecule has 172 valence electrons. The van der Waals surface area contributed by atoms with Crippen molar-refractivity contribution in [2.24, 2.45) is 11.5 Å². The van der Waals surface area contributed by atoms with Crippen molar-refractivity contribution < 1.29 is 29.1 Å². The van der Waals surface area contributed by atoms with Gasteiger partial charge >= 0.3 is 5.97 Å². The maximum atomic E-state index is 12.6. The number of carbonyl (C=O) groups excluding carboxylic acids is 4. The number of rotatable bonds is 12. The van der Waals surface area contributed by atoms with Gasteiger partial charge < -0.3 is 37.5 Å². The molecule has 2 rings (SSSR count). The molecule has 0 fully saturated rings. The van der Waals surface area contributed by atoms with Gasteiger partial charge in [-0.15, -0.1) is 0 Å². The predicted octanol–water partition coefficient (Wildman–Crippen LogP) is -1.89. The number of carboxylic acid groups (broad SMARTS) is 1. The SMILES string of the molecule is NC(=O)CCC(NC(=O)C(N)Cc1c[nH]c2ccccc12)C(=O)NCC(=O)NCC(=O)O. The van der Waals surface area contributed by atoms with E-state index in [1.54, 1.807) is 6.20 Å². The Labute approximate surface area is 183 Å². The number of aliphatic carboxylic acids is 1. The van der Waals surface area contributed by atoms with Crippen LogP contribution in [0.5, 0.6) is 0 Å². The van der Waals surface area contributed by atoms with Gasteiger partial charge in [0.1, 0.15) is 12.6 Å². The van der Waals surface area contributed by atoms with E-state index in [2.05, 4.69) is 20.9 Å². The van der Waals surface area contributed by atoms with Crippen LogP contribution in [0.3, 0.4) is 0 Å². The van der Waals surface area contributed by atoms with Gasteiger partial charge in [-0.1, -0.05) is 18.2 Å². The van der Waals surface area contributed by atoms with Crippen molar-refractivity contribution in [3.8, 4) is 0 Å². The van der Waals surface area contributed by atoms with Gasteiger partial charge in [-0.25, -0.2) is 0 Å². The maximum absolute atomic E-state index is 12.6. The summed E-state index contributed by atoms with van der Waals surface area (Å²) in [7, 11) is 0. The van der Waals surface area contributed by atoms with Gasteiger partial charge in [-0.3, -0.25) is 24.0 Å². The summed E-state index contributed by atoms with van der Waals surface area (Å²) in [6.07, 6.45) is 1.69. The van der Waals surface area contributed by atoms with E-state index in [0.717, 1.165) is 16.5 Å². The zero-order chi connectivity index (χ0) is 23.7. The van der Waals surface area contributed by atoms with Crippen LogP contribution in [-0.2, 0) is 30.4 Å². The van der Waals surface area contributed by atoms with Gasteiger partial charge in [0.25, 0.3) is 0 Å². The second kappa shape index (κ2) is 11.5. The van der Waals surface area contributed by atoms with Gasteiger partial charge in [0, 0.05) is 23.5 Å². The number of amides is 4. The number of benzene rings is 1. The fourth-order valence-electron chi connectivity index (χ4n) is 2.99. The fraction of sp³-hybridized carbons (Fsp3) is 0.350. The lowest BCUT2D eigenvalue weighted by Crippen LogP contribution is -2.53. The lowest BCUT2D eigenvalue weighted by Gasteiger charge is -2.20. The number of aromatic amines is 1. The highest BCUT2D eigenvalue weighted by Crippen LogP contribution is 2.18. The Bertz CT molecular complexity index is 1000. The van der Waals surface area contributed by atoms with E-state index >= 15 is 0 Å². The Morgan fingerprint density at radius 1 is 1.03 bits per heavy atom. The average molecular weight is 446 g/mol. The number of fused-ring (bicyclic) bond motifs is 1. The second-order valence-corrected chi connectivity index (χ2v) is 7.12. The van der Waals surface area contributed by atoms with Gasteiger partial charge in [0.2, 0.25) is 23.6 Å². The summed E-state index contributed by atoms with van der Waals surface area (Å²) in [6.45, 7) is -1.10. The van der Waals surface area contributed by atoms with E-state index in [0.29, 0.717) is 0 Å². The minimum atomic E-state index is -1.24. The highest BCUT2D eigenvalue weighted by Gasteiger charge is 2.25. The van der Waals surface area contributed by atoms with E-state index in [4.69, 9.17) is 16.6 Å². The van der Waals surface area contributed by atoms with Crippen molar-refractivity contribution in [3.63, 3.8) is 0 Å². The normalized spacial score (nSPS) is 12.5. The third-order valence-electron chi connectivity index (χ3n) is 4.62. The molecule has 0 saturated carbocycles. The first kappa shape index (κ1) is 24.3. The lowest BCUT2D eigenvalue weighted by atomic mass is 10.0. The molecule has 2 atom stereocenters. The van der Waals surface area contributed by atoms with E-state index in [1.807, 2.05) is 24.3 Å². The fourth-order valence-corrected chi connectivity index (χ4v) is 2.99. The molecule has 0 bridgehead atoms. The maximum Gasteiger partial charge on any atom is 0.322 e. The number of hydrogen-bond donors (Lipinski definition) is 7. The van der Waals surface area contributed by atoms with E-state index < -0.39 is 54.8 Å². The monoisotopic (exact) mass is 446 g/mol. The number of carbonyl (C=O) groups is 5. The van der Waals surface area contributed by atoms with Crippen LogP contribution in [-0.4, -0.2) is 64.9 Å². The van der Waals surface area contributed by atoms with Crippen LogP contribution in [0.25, 0.3) is 10.9 Å². The molecule has 0 radical (unpaired) electrons. The van der Waals surface area contributed by atoms with Gasteiger partial charge in [0.15, 0.2) is 0 Å². The predicted molar refractivity (Wildman–Crippen MR) is 114 cm³/mol. The topological polar surface area (TPSA) is 209 Å². The molecular weight excluding hydrogens is 420 g/mol. The summed E-state index contributed by atoms with van der Waals surface area (Å²) < 4.78 is 0. The highest BCUT2D eigenvalue weighted by atomic mass is 16.4. The minimum Gasteiger partial charge on any atom is -0.480 e.